The molecule has 1 amide bonds. The van der Waals surface area contributed by atoms with Gasteiger partial charge in [-0.05, 0) is 38.0 Å². The fraction of sp³-hybridized carbons (Fsp3) is 0.429. The Hall–Kier alpha value is -1.75. The number of carboxylic acid groups (broad SMARTS) is 1. The number of aliphatic carboxylic acids is 1. The number of carboxylic acids is 1. The lowest BCUT2D eigenvalue weighted by atomic mass is 10.1. The Kier molecular flexibility index (Phi) is 6.87. The van der Waals surface area contributed by atoms with Crippen LogP contribution in [0.5, 0.6) is 5.75 Å². The van der Waals surface area contributed by atoms with E-state index in [1.54, 1.807) is 18.2 Å². The molecule has 0 saturated carbocycles. The van der Waals surface area contributed by atoms with Crippen LogP contribution in [0.2, 0.25) is 5.02 Å². The van der Waals surface area contributed by atoms with Crippen molar-refractivity contribution in [3.8, 4) is 5.75 Å². The van der Waals surface area contributed by atoms with Crippen LogP contribution in [0.1, 0.15) is 36.5 Å². The Balaban J connectivity index is 2.52. The maximum absolute atomic E-state index is 12.0. The van der Waals surface area contributed by atoms with Gasteiger partial charge in [-0.15, -0.1) is 0 Å². The Morgan fingerprint density at radius 1 is 1.35 bits per heavy atom. The second-order valence-electron chi connectivity index (χ2n) is 4.18. The zero-order chi connectivity index (χ0) is 15.0. The van der Waals surface area contributed by atoms with Crippen LogP contribution in [0.4, 0.5) is 0 Å². The molecule has 0 bridgehead atoms. The van der Waals surface area contributed by atoms with Gasteiger partial charge in [0.1, 0.15) is 5.75 Å². The van der Waals surface area contributed by atoms with E-state index in [0.717, 1.165) is 0 Å². The SMILES string of the molecule is CCOc1cc(Cl)ccc1C(=O)NCCCCC(=O)O. The number of hydrogen-bond donors (Lipinski definition) is 2. The van der Waals surface area contributed by atoms with E-state index in [-0.39, 0.29) is 12.3 Å². The standard InChI is InChI=1S/C14H18ClNO4/c1-2-20-12-9-10(15)6-7-11(12)14(19)16-8-4-3-5-13(17)18/h6-7,9H,2-5,8H2,1H3,(H,16,19)(H,17,18). The highest BCUT2D eigenvalue weighted by Gasteiger charge is 2.12. The minimum Gasteiger partial charge on any atom is -0.493 e. The number of benzene rings is 1. The number of ether oxygens (including phenoxy) is 1. The van der Waals surface area contributed by atoms with Gasteiger partial charge in [-0.1, -0.05) is 11.6 Å². The highest BCUT2D eigenvalue weighted by Crippen LogP contribution is 2.23. The first-order valence-electron chi connectivity index (χ1n) is 6.47. The van der Waals surface area contributed by atoms with E-state index < -0.39 is 5.97 Å². The fourth-order valence-electron chi connectivity index (χ4n) is 1.66. The highest BCUT2D eigenvalue weighted by molar-refractivity contribution is 6.30. The van der Waals surface area contributed by atoms with Crippen molar-refractivity contribution in [1.82, 2.24) is 5.32 Å². The Bertz CT molecular complexity index is 476. The van der Waals surface area contributed by atoms with Gasteiger partial charge in [-0.3, -0.25) is 9.59 Å². The number of nitrogens with one attached hydrogen (secondary N) is 1. The van der Waals surface area contributed by atoms with Crippen LogP contribution in [0.25, 0.3) is 0 Å². The Labute approximate surface area is 122 Å². The first kappa shape index (κ1) is 16.3. The third kappa shape index (κ3) is 5.48. The molecule has 1 rings (SSSR count). The van der Waals surface area contributed by atoms with Crippen LogP contribution in [-0.2, 0) is 4.79 Å². The predicted octanol–water partition coefficient (Wildman–Crippen LogP) is 2.72. The third-order valence-electron chi connectivity index (χ3n) is 2.59. The molecule has 0 radical (unpaired) electrons. The summed E-state index contributed by atoms with van der Waals surface area (Å²) in [6.45, 7) is 2.70. The maximum Gasteiger partial charge on any atom is 0.303 e. The van der Waals surface area contributed by atoms with Gasteiger partial charge in [0.25, 0.3) is 5.91 Å². The number of unbranched alkanes of at least 4 members (excludes halogenated alkanes) is 1. The molecule has 20 heavy (non-hydrogen) atoms. The lowest BCUT2D eigenvalue weighted by molar-refractivity contribution is -0.137. The van der Waals surface area contributed by atoms with Crippen LogP contribution in [0.3, 0.4) is 0 Å². The molecule has 0 aromatic heterocycles. The molecule has 0 aliphatic rings. The van der Waals surface area contributed by atoms with Crippen LogP contribution in [0, 0.1) is 0 Å². The van der Waals surface area contributed by atoms with Crippen molar-refractivity contribution >= 4 is 23.5 Å². The molecule has 2 N–H and O–H groups in total. The summed E-state index contributed by atoms with van der Waals surface area (Å²) in [4.78, 5) is 22.3. The maximum atomic E-state index is 12.0. The molecule has 6 heteroatoms. The van der Waals surface area contributed by atoms with E-state index in [1.165, 1.54) is 0 Å². The predicted molar refractivity (Wildman–Crippen MR) is 76.4 cm³/mol. The number of hydrogen-bond acceptors (Lipinski definition) is 3. The summed E-state index contributed by atoms with van der Waals surface area (Å²) in [6, 6.07) is 4.84. The number of carbonyl (C=O) groups is 2. The van der Waals surface area contributed by atoms with E-state index in [1.807, 2.05) is 6.92 Å². The van der Waals surface area contributed by atoms with Crippen molar-refractivity contribution in [2.75, 3.05) is 13.2 Å². The molecule has 5 nitrogen and oxygen atoms in total. The topological polar surface area (TPSA) is 75.6 Å². The smallest absolute Gasteiger partial charge is 0.303 e. The van der Waals surface area contributed by atoms with Crippen molar-refractivity contribution in [2.45, 2.75) is 26.2 Å². The van der Waals surface area contributed by atoms with Crippen LogP contribution in [0.15, 0.2) is 18.2 Å². The summed E-state index contributed by atoms with van der Waals surface area (Å²) in [6.07, 6.45) is 1.27. The van der Waals surface area contributed by atoms with E-state index in [2.05, 4.69) is 5.32 Å². The monoisotopic (exact) mass is 299 g/mol. The number of halogens is 1. The molecule has 0 unspecified atom stereocenters. The number of amides is 1. The van der Waals surface area contributed by atoms with Crippen molar-refractivity contribution in [1.29, 1.82) is 0 Å². The van der Waals surface area contributed by atoms with Gasteiger partial charge in [-0.2, -0.15) is 0 Å². The number of rotatable bonds is 8. The average molecular weight is 300 g/mol. The summed E-state index contributed by atoms with van der Waals surface area (Å²) in [5.41, 5.74) is 0.425. The minimum absolute atomic E-state index is 0.112. The molecule has 0 aliphatic heterocycles. The normalized spacial score (nSPS) is 10.1. The summed E-state index contributed by atoms with van der Waals surface area (Å²) in [5, 5.41) is 11.7. The molecule has 0 heterocycles. The van der Waals surface area contributed by atoms with Crippen molar-refractivity contribution in [3.63, 3.8) is 0 Å². The molecule has 0 spiro atoms. The highest BCUT2D eigenvalue weighted by atomic mass is 35.5. The van der Waals surface area contributed by atoms with E-state index >= 15 is 0 Å². The zero-order valence-corrected chi connectivity index (χ0v) is 12.1. The molecular formula is C14H18ClNO4. The molecule has 1 aromatic carbocycles. The molecule has 0 fully saturated rings. The van der Waals surface area contributed by atoms with Crippen molar-refractivity contribution < 1.29 is 19.4 Å². The van der Waals surface area contributed by atoms with Gasteiger partial charge >= 0.3 is 5.97 Å². The van der Waals surface area contributed by atoms with Gasteiger partial charge in [0.2, 0.25) is 0 Å². The van der Waals surface area contributed by atoms with Crippen molar-refractivity contribution in [2.24, 2.45) is 0 Å². The van der Waals surface area contributed by atoms with Gasteiger partial charge in [-0.25, -0.2) is 0 Å². The third-order valence-corrected chi connectivity index (χ3v) is 2.83. The quantitative estimate of drug-likeness (QED) is 0.724. The molecule has 110 valence electrons. The molecule has 0 aliphatic carbocycles. The molecular weight excluding hydrogens is 282 g/mol. The van der Waals surface area contributed by atoms with Gasteiger partial charge in [0.15, 0.2) is 0 Å². The lowest BCUT2D eigenvalue weighted by Crippen LogP contribution is -2.25. The van der Waals surface area contributed by atoms with E-state index in [4.69, 9.17) is 21.4 Å². The van der Waals surface area contributed by atoms with Gasteiger partial charge in [0, 0.05) is 18.0 Å². The summed E-state index contributed by atoms with van der Waals surface area (Å²) < 4.78 is 5.37. The molecule has 0 saturated heterocycles. The zero-order valence-electron chi connectivity index (χ0n) is 11.3. The second-order valence-corrected chi connectivity index (χ2v) is 4.62. The Morgan fingerprint density at radius 3 is 2.75 bits per heavy atom. The fourth-order valence-corrected chi connectivity index (χ4v) is 1.82. The van der Waals surface area contributed by atoms with Crippen molar-refractivity contribution in [3.05, 3.63) is 28.8 Å². The molecule has 1 aromatic rings. The first-order chi connectivity index (χ1) is 9.54. The average Bonchev–Trinajstić information content (AvgIpc) is 2.38. The van der Waals surface area contributed by atoms with Crippen LogP contribution < -0.4 is 10.1 Å². The van der Waals surface area contributed by atoms with Crippen LogP contribution >= 0.6 is 11.6 Å². The summed E-state index contributed by atoms with van der Waals surface area (Å²) in [7, 11) is 0. The largest absolute Gasteiger partial charge is 0.493 e. The first-order valence-corrected chi connectivity index (χ1v) is 6.84. The van der Waals surface area contributed by atoms with Crippen LogP contribution in [-0.4, -0.2) is 30.1 Å². The van der Waals surface area contributed by atoms with Gasteiger partial charge in [0.05, 0.1) is 12.2 Å². The van der Waals surface area contributed by atoms with Gasteiger partial charge < -0.3 is 15.2 Å². The van der Waals surface area contributed by atoms with E-state index in [0.29, 0.717) is 42.3 Å². The molecule has 0 atom stereocenters. The lowest BCUT2D eigenvalue weighted by Gasteiger charge is -2.10. The summed E-state index contributed by atoms with van der Waals surface area (Å²) in [5.74, 6) is -0.629. The number of carbonyl (C=O) groups excluding carboxylic acids is 1. The Morgan fingerprint density at radius 2 is 2.10 bits per heavy atom. The summed E-state index contributed by atoms with van der Waals surface area (Å²) >= 11 is 5.87. The second kappa shape index (κ2) is 8.43. The minimum atomic E-state index is -0.826. The van der Waals surface area contributed by atoms with E-state index in [9.17, 15) is 9.59 Å².